The van der Waals surface area contributed by atoms with Crippen LogP contribution in [0.25, 0.3) is 0 Å². The first kappa shape index (κ1) is 22.5. The summed E-state index contributed by atoms with van der Waals surface area (Å²) in [6.45, 7) is 12.4. The number of hydrogen-bond donors (Lipinski definition) is 2. The number of hydrogen-bond acceptors (Lipinski definition) is 5. The Morgan fingerprint density at radius 2 is 1.46 bits per heavy atom. The fourth-order valence-electron chi connectivity index (χ4n) is 1.81. The summed E-state index contributed by atoms with van der Waals surface area (Å²) < 4.78 is 10.5. The molecule has 0 bridgehead atoms. The molecule has 0 aromatic rings. The predicted molar refractivity (Wildman–Crippen MR) is 93.0 cm³/mol. The van der Waals surface area contributed by atoms with Gasteiger partial charge in [0.15, 0.2) is 0 Å². The Balaban J connectivity index is 4.30. The Labute approximate surface area is 145 Å². The lowest BCUT2D eigenvalue weighted by molar-refractivity contribution is 0.0242. The molecular formula is C17H34N2O5. The second-order valence-electron chi connectivity index (χ2n) is 7.68. The summed E-state index contributed by atoms with van der Waals surface area (Å²) in [5.41, 5.74) is -1.09. The van der Waals surface area contributed by atoms with Gasteiger partial charge in [0.25, 0.3) is 0 Å². The Morgan fingerprint density at radius 1 is 0.917 bits per heavy atom. The van der Waals surface area contributed by atoms with Crippen LogP contribution in [-0.4, -0.2) is 59.6 Å². The van der Waals surface area contributed by atoms with Gasteiger partial charge in [-0.2, -0.15) is 0 Å². The van der Waals surface area contributed by atoms with Gasteiger partial charge in [-0.15, -0.1) is 0 Å². The van der Waals surface area contributed by atoms with Crippen molar-refractivity contribution in [2.75, 3.05) is 26.2 Å². The highest BCUT2D eigenvalue weighted by Gasteiger charge is 2.22. The lowest BCUT2D eigenvalue weighted by Gasteiger charge is -2.27. The minimum Gasteiger partial charge on any atom is -0.444 e. The maximum Gasteiger partial charge on any atom is 0.410 e. The molecule has 0 aromatic carbocycles. The van der Waals surface area contributed by atoms with E-state index in [9.17, 15) is 9.59 Å². The monoisotopic (exact) mass is 346 g/mol. The van der Waals surface area contributed by atoms with Crippen molar-refractivity contribution in [1.82, 2.24) is 10.2 Å². The molecular weight excluding hydrogens is 312 g/mol. The van der Waals surface area contributed by atoms with Gasteiger partial charge in [-0.3, -0.25) is 0 Å². The molecule has 2 N–H and O–H groups in total. The first-order valence-electron chi connectivity index (χ1n) is 8.50. The number of nitrogens with one attached hydrogen (secondary N) is 1. The smallest absolute Gasteiger partial charge is 0.410 e. The average Bonchev–Trinajstić information content (AvgIpc) is 2.37. The highest BCUT2D eigenvalue weighted by atomic mass is 16.6. The summed E-state index contributed by atoms with van der Waals surface area (Å²) in [7, 11) is 0. The van der Waals surface area contributed by atoms with E-state index in [1.165, 1.54) is 0 Å². The van der Waals surface area contributed by atoms with Crippen molar-refractivity contribution in [3.63, 3.8) is 0 Å². The van der Waals surface area contributed by atoms with E-state index in [4.69, 9.17) is 14.6 Å². The molecule has 0 aliphatic rings. The summed E-state index contributed by atoms with van der Waals surface area (Å²) >= 11 is 0. The number of nitrogens with zero attached hydrogens (tertiary/aromatic N) is 1. The van der Waals surface area contributed by atoms with Gasteiger partial charge in [0, 0.05) is 26.2 Å². The van der Waals surface area contributed by atoms with Crippen molar-refractivity contribution in [2.24, 2.45) is 0 Å². The highest BCUT2D eigenvalue weighted by molar-refractivity contribution is 5.68. The van der Waals surface area contributed by atoms with E-state index < -0.39 is 17.3 Å². The third-order valence-electron chi connectivity index (χ3n) is 2.76. The zero-order valence-corrected chi connectivity index (χ0v) is 16.0. The number of ether oxygens (including phenoxy) is 2. The Hall–Kier alpha value is -1.50. The quantitative estimate of drug-likeness (QED) is 0.660. The van der Waals surface area contributed by atoms with Crippen molar-refractivity contribution in [3.05, 3.63) is 0 Å². The summed E-state index contributed by atoms with van der Waals surface area (Å²) in [6.07, 6.45) is 1.09. The molecule has 0 spiro atoms. The summed E-state index contributed by atoms with van der Waals surface area (Å²) in [6, 6.07) is 0. The van der Waals surface area contributed by atoms with Gasteiger partial charge in [-0.05, 0) is 60.8 Å². The Morgan fingerprint density at radius 3 is 1.96 bits per heavy atom. The number of carbonyl (C=O) groups excluding carboxylic acids is 2. The van der Waals surface area contributed by atoms with Crippen molar-refractivity contribution in [3.8, 4) is 0 Å². The molecule has 7 heteroatoms. The van der Waals surface area contributed by atoms with Crippen LogP contribution in [0.1, 0.15) is 60.8 Å². The molecule has 0 saturated carbocycles. The molecule has 0 aliphatic heterocycles. The molecule has 0 radical (unpaired) electrons. The molecule has 0 aromatic heterocycles. The van der Waals surface area contributed by atoms with Crippen LogP contribution in [0.4, 0.5) is 9.59 Å². The fraction of sp³-hybridized carbons (Fsp3) is 0.882. The van der Waals surface area contributed by atoms with Gasteiger partial charge >= 0.3 is 12.2 Å². The van der Waals surface area contributed by atoms with Crippen molar-refractivity contribution >= 4 is 12.2 Å². The van der Waals surface area contributed by atoms with Crippen LogP contribution in [-0.2, 0) is 9.47 Å². The maximum absolute atomic E-state index is 12.2. The van der Waals surface area contributed by atoms with E-state index >= 15 is 0 Å². The molecule has 24 heavy (non-hydrogen) atoms. The molecule has 0 saturated heterocycles. The molecule has 0 unspecified atom stereocenters. The fourth-order valence-corrected chi connectivity index (χ4v) is 1.81. The topological polar surface area (TPSA) is 88.1 Å². The molecule has 0 rings (SSSR count). The highest BCUT2D eigenvalue weighted by Crippen LogP contribution is 2.11. The normalized spacial score (nSPS) is 11.8. The molecule has 2 amide bonds. The summed E-state index contributed by atoms with van der Waals surface area (Å²) in [5.74, 6) is 0. The second-order valence-corrected chi connectivity index (χ2v) is 7.68. The van der Waals surface area contributed by atoms with Gasteiger partial charge in [0.2, 0.25) is 0 Å². The van der Waals surface area contributed by atoms with Crippen LogP contribution in [0, 0.1) is 0 Å². The van der Waals surface area contributed by atoms with Crippen LogP contribution in [0.5, 0.6) is 0 Å². The zero-order valence-electron chi connectivity index (χ0n) is 16.0. The number of aliphatic hydroxyl groups is 1. The minimum absolute atomic E-state index is 0.0996. The van der Waals surface area contributed by atoms with Gasteiger partial charge in [0.05, 0.1) is 0 Å². The van der Waals surface area contributed by atoms with Gasteiger partial charge in [-0.1, -0.05) is 0 Å². The van der Waals surface area contributed by atoms with Crippen molar-refractivity contribution in [1.29, 1.82) is 0 Å². The zero-order chi connectivity index (χ0) is 18.8. The number of carbonyl (C=O) groups is 2. The lowest BCUT2D eigenvalue weighted by atomic mass is 10.2. The number of aliphatic hydroxyl groups excluding tert-OH is 1. The third kappa shape index (κ3) is 13.0. The van der Waals surface area contributed by atoms with Crippen molar-refractivity contribution < 1.29 is 24.2 Å². The van der Waals surface area contributed by atoms with E-state index in [-0.39, 0.29) is 12.7 Å². The van der Waals surface area contributed by atoms with Crippen LogP contribution < -0.4 is 5.32 Å². The maximum atomic E-state index is 12.2. The van der Waals surface area contributed by atoms with Crippen LogP contribution >= 0.6 is 0 Å². The molecule has 0 atom stereocenters. The van der Waals surface area contributed by atoms with Crippen LogP contribution in [0.3, 0.4) is 0 Å². The van der Waals surface area contributed by atoms with E-state index in [1.807, 2.05) is 20.8 Å². The molecule has 0 heterocycles. The lowest BCUT2D eigenvalue weighted by Crippen LogP contribution is -2.39. The first-order valence-corrected chi connectivity index (χ1v) is 8.50. The van der Waals surface area contributed by atoms with E-state index in [1.54, 1.807) is 25.7 Å². The van der Waals surface area contributed by atoms with Crippen LogP contribution in [0.2, 0.25) is 0 Å². The van der Waals surface area contributed by atoms with Gasteiger partial charge < -0.3 is 24.8 Å². The number of unbranched alkanes of at least 4 members (excludes halogenated alkanes) is 1. The van der Waals surface area contributed by atoms with E-state index in [2.05, 4.69) is 5.32 Å². The largest absolute Gasteiger partial charge is 0.444 e. The molecule has 0 fully saturated rings. The van der Waals surface area contributed by atoms with Gasteiger partial charge in [0.1, 0.15) is 11.2 Å². The molecule has 142 valence electrons. The van der Waals surface area contributed by atoms with Crippen LogP contribution in [0.15, 0.2) is 0 Å². The predicted octanol–water partition coefficient (Wildman–Crippen LogP) is 2.91. The standard InChI is InChI=1S/C17H34N2O5/c1-16(2,3)23-14(21)18-10-9-12-19(11-7-8-13-20)15(22)24-17(4,5)6/h20H,7-13H2,1-6H3,(H,18,21). The Kier molecular flexibility index (Phi) is 9.73. The molecule has 7 nitrogen and oxygen atoms in total. The second kappa shape index (κ2) is 10.4. The van der Waals surface area contributed by atoms with E-state index in [0.29, 0.717) is 38.9 Å². The van der Waals surface area contributed by atoms with E-state index in [0.717, 1.165) is 0 Å². The third-order valence-corrected chi connectivity index (χ3v) is 2.76. The molecule has 0 aliphatic carbocycles. The van der Waals surface area contributed by atoms with Gasteiger partial charge in [-0.25, -0.2) is 9.59 Å². The minimum atomic E-state index is -0.554. The Bertz CT molecular complexity index is 385. The average molecular weight is 346 g/mol. The number of alkyl carbamates (subject to hydrolysis) is 1. The number of amides is 2. The first-order chi connectivity index (χ1) is 10.9. The number of rotatable bonds is 8. The van der Waals surface area contributed by atoms with Crippen molar-refractivity contribution in [2.45, 2.75) is 72.0 Å². The summed E-state index contributed by atoms with van der Waals surface area (Å²) in [4.78, 5) is 25.4. The summed E-state index contributed by atoms with van der Waals surface area (Å²) in [5, 5.41) is 11.5. The SMILES string of the molecule is CC(C)(C)OC(=O)NCCCN(CCCCO)C(=O)OC(C)(C)C.